The summed E-state index contributed by atoms with van der Waals surface area (Å²) in [4.78, 5) is 25.7. The topological polar surface area (TPSA) is 90.2 Å². The molecule has 0 aliphatic carbocycles. The Morgan fingerprint density at radius 1 is 1.24 bits per heavy atom. The second-order valence-electron chi connectivity index (χ2n) is 8.20. The molecule has 3 rings (SSSR count). The van der Waals surface area contributed by atoms with Crippen molar-refractivity contribution in [3.05, 3.63) is 23.9 Å². The molecular weight excluding hydrogens is 376 g/mol. The first kappa shape index (κ1) is 20.8. The number of aromatic carboxylic acids is 1. The van der Waals surface area contributed by atoms with E-state index in [2.05, 4.69) is 0 Å². The van der Waals surface area contributed by atoms with Crippen molar-refractivity contribution in [3.63, 3.8) is 0 Å². The fourth-order valence-corrected chi connectivity index (χ4v) is 3.66. The van der Waals surface area contributed by atoms with E-state index in [1.807, 2.05) is 20.8 Å². The molecule has 2 heterocycles. The average Bonchev–Trinajstić information content (AvgIpc) is 3.23. The molecule has 2 aromatic rings. The van der Waals surface area contributed by atoms with E-state index in [4.69, 9.17) is 14.2 Å². The van der Waals surface area contributed by atoms with Crippen LogP contribution in [0.2, 0.25) is 0 Å². The molecule has 1 aliphatic rings. The Bertz CT molecular complexity index is 927. The summed E-state index contributed by atoms with van der Waals surface area (Å²) in [6.45, 7) is 6.47. The molecule has 1 amide bonds. The van der Waals surface area contributed by atoms with E-state index in [0.717, 1.165) is 12.8 Å². The zero-order valence-corrected chi connectivity index (χ0v) is 17.5. The highest BCUT2D eigenvalue weighted by molar-refractivity contribution is 5.99. The molecule has 0 spiro atoms. The van der Waals surface area contributed by atoms with Gasteiger partial charge in [0.25, 0.3) is 0 Å². The molecule has 0 saturated carbocycles. The molecule has 0 bridgehead atoms. The number of carbonyl (C=O) groups excluding carboxylic acids is 1. The van der Waals surface area contributed by atoms with Crippen molar-refractivity contribution in [1.82, 2.24) is 9.47 Å². The van der Waals surface area contributed by atoms with Crippen molar-refractivity contribution < 1.29 is 28.9 Å². The number of fused-ring (bicyclic) bond motifs is 1. The van der Waals surface area contributed by atoms with E-state index < -0.39 is 11.6 Å². The van der Waals surface area contributed by atoms with Crippen molar-refractivity contribution in [2.75, 3.05) is 20.3 Å². The van der Waals surface area contributed by atoms with Crippen LogP contribution < -0.4 is 9.47 Å². The van der Waals surface area contributed by atoms with Crippen molar-refractivity contribution in [3.8, 4) is 11.5 Å². The number of ether oxygens (including phenoxy) is 3. The summed E-state index contributed by atoms with van der Waals surface area (Å²) < 4.78 is 18.5. The molecule has 158 valence electrons. The largest absolute Gasteiger partial charge is 0.495 e. The van der Waals surface area contributed by atoms with Crippen molar-refractivity contribution >= 4 is 23.0 Å². The molecule has 29 heavy (non-hydrogen) atoms. The SMILES string of the molecule is COc1ccc(OC[C@@H]2CCCN2C(=O)OC(C)(C)C)c2cc(C(=O)O)n(C)c12. The second-order valence-corrected chi connectivity index (χ2v) is 8.20. The number of benzene rings is 1. The monoisotopic (exact) mass is 404 g/mol. The average molecular weight is 404 g/mol. The predicted molar refractivity (Wildman–Crippen MR) is 108 cm³/mol. The molecule has 1 atom stereocenters. The van der Waals surface area contributed by atoms with E-state index in [1.165, 1.54) is 0 Å². The number of amides is 1. The van der Waals surface area contributed by atoms with Crippen LogP contribution in [0.5, 0.6) is 11.5 Å². The molecule has 1 N–H and O–H groups in total. The number of nitrogens with zero attached hydrogens (tertiary/aromatic N) is 2. The summed E-state index contributed by atoms with van der Waals surface area (Å²) in [6.07, 6.45) is 1.38. The van der Waals surface area contributed by atoms with Crippen LogP contribution in [0.25, 0.3) is 10.9 Å². The molecule has 8 nitrogen and oxygen atoms in total. The minimum Gasteiger partial charge on any atom is -0.495 e. The van der Waals surface area contributed by atoms with Crippen molar-refractivity contribution in [1.29, 1.82) is 0 Å². The summed E-state index contributed by atoms with van der Waals surface area (Å²) in [5, 5.41) is 10.1. The molecule has 0 unspecified atom stereocenters. The standard InChI is InChI=1S/C21H28N2O6/c1-21(2,3)29-20(26)23-10-6-7-13(23)12-28-16-8-9-17(27-5)18-14(16)11-15(19(24)25)22(18)4/h8-9,11,13H,6-7,10,12H2,1-5H3,(H,24,25)/t13-/m0/s1. The lowest BCUT2D eigenvalue weighted by molar-refractivity contribution is 0.0188. The molecule has 8 heteroatoms. The number of hydrogen-bond acceptors (Lipinski definition) is 5. The van der Waals surface area contributed by atoms with Gasteiger partial charge in [-0.15, -0.1) is 0 Å². The first-order valence-electron chi connectivity index (χ1n) is 9.64. The second kappa shape index (κ2) is 7.85. The van der Waals surface area contributed by atoms with Gasteiger partial charge in [-0.3, -0.25) is 0 Å². The van der Waals surface area contributed by atoms with Gasteiger partial charge in [0.05, 0.1) is 18.7 Å². The molecule has 1 saturated heterocycles. The van der Waals surface area contributed by atoms with Gasteiger partial charge in [0, 0.05) is 19.0 Å². The number of carbonyl (C=O) groups is 2. The number of carboxylic acid groups (broad SMARTS) is 1. The zero-order chi connectivity index (χ0) is 21.3. The highest BCUT2D eigenvalue weighted by Gasteiger charge is 2.33. The zero-order valence-electron chi connectivity index (χ0n) is 17.5. The number of rotatable bonds is 5. The van der Waals surface area contributed by atoms with Gasteiger partial charge in [-0.2, -0.15) is 0 Å². The van der Waals surface area contributed by atoms with Crippen molar-refractivity contribution in [2.24, 2.45) is 7.05 Å². The Labute approximate surface area is 169 Å². The van der Waals surface area contributed by atoms with Gasteiger partial charge in [0.15, 0.2) is 0 Å². The minimum absolute atomic E-state index is 0.0929. The maximum Gasteiger partial charge on any atom is 0.410 e. The molecular formula is C21H28N2O6. The Kier molecular flexibility index (Phi) is 5.64. The van der Waals surface area contributed by atoms with Crippen LogP contribution >= 0.6 is 0 Å². The number of methoxy groups -OCH3 is 1. The van der Waals surface area contributed by atoms with Gasteiger partial charge in [-0.1, -0.05) is 0 Å². The fraction of sp³-hybridized carbons (Fsp3) is 0.524. The summed E-state index contributed by atoms with van der Waals surface area (Å²) in [5.41, 5.74) is 0.244. The lowest BCUT2D eigenvalue weighted by atomic mass is 10.2. The number of hydrogen-bond donors (Lipinski definition) is 1. The van der Waals surface area contributed by atoms with E-state index in [9.17, 15) is 14.7 Å². The van der Waals surface area contributed by atoms with Crippen molar-refractivity contribution in [2.45, 2.75) is 45.3 Å². The van der Waals surface area contributed by atoms with Gasteiger partial charge in [-0.05, 0) is 51.8 Å². The fourth-order valence-electron chi connectivity index (χ4n) is 3.66. The van der Waals surface area contributed by atoms with Crippen LogP contribution in [-0.4, -0.2) is 58.5 Å². The van der Waals surface area contributed by atoms with Gasteiger partial charge in [0.1, 0.15) is 29.4 Å². The first-order chi connectivity index (χ1) is 13.6. The number of aromatic nitrogens is 1. The summed E-state index contributed by atoms with van der Waals surface area (Å²) in [7, 11) is 3.22. The van der Waals surface area contributed by atoms with E-state index in [1.54, 1.807) is 41.8 Å². The van der Waals surface area contributed by atoms with Crippen LogP contribution in [0.4, 0.5) is 4.79 Å². The predicted octanol–water partition coefficient (Wildman–Crippen LogP) is 3.66. The highest BCUT2D eigenvalue weighted by atomic mass is 16.6. The number of carboxylic acids is 1. The maximum atomic E-state index is 12.5. The van der Waals surface area contributed by atoms with E-state index in [0.29, 0.717) is 35.6 Å². The highest BCUT2D eigenvalue weighted by Crippen LogP contribution is 2.36. The van der Waals surface area contributed by atoms with Crippen LogP contribution in [0.15, 0.2) is 18.2 Å². The minimum atomic E-state index is -1.02. The van der Waals surface area contributed by atoms with Crippen LogP contribution in [-0.2, 0) is 11.8 Å². The quantitative estimate of drug-likeness (QED) is 0.818. The number of likely N-dealkylation sites (tertiary alicyclic amines) is 1. The van der Waals surface area contributed by atoms with Gasteiger partial charge >= 0.3 is 12.1 Å². The maximum absolute atomic E-state index is 12.5. The van der Waals surface area contributed by atoms with Gasteiger partial charge in [0.2, 0.25) is 0 Å². The third kappa shape index (κ3) is 4.26. The van der Waals surface area contributed by atoms with Gasteiger partial charge in [-0.25, -0.2) is 9.59 Å². The van der Waals surface area contributed by atoms with Crippen LogP contribution in [0.3, 0.4) is 0 Å². The van der Waals surface area contributed by atoms with E-state index >= 15 is 0 Å². The lowest BCUT2D eigenvalue weighted by Crippen LogP contribution is -2.42. The normalized spacial score (nSPS) is 16.9. The van der Waals surface area contributed by atoms with Crippen LogP contribution in [0.1, 0.15) is 44.1 Å². The van der Waals surface area contributed by atoms with E-state index in [-0.39, 0.29) is 17.8 Å². The van der Waals surface area contributed by atoms with Gasteiger partial charge < -0.3 is 28.8 Å². The van der Waals surface area contributed by atoms with Crippen LogP contribution in [0, 0.1) is 0 Å². The molecule has 0 radical (unpaired) electrons. The first-order valence-corrected chi connectivity index (χ1v) is 9.64. The third-order valence-corrected chi connectivity index (χ3v) is 4.99. The smallest absolute Gasteiger partial charge is 0.410 e. The summed E-state index contributed by atoms with van der Waals surface area (Å²) in [5.74, 6) is 0.0992. The number of aryl methyl sites for hydroxylation is 1. The lowest BCUT2D eigenvalue weighted by Gasteiger charge is -2.28. The molecule has 1 aromatic carbocycles. The summed E-state index contributed by atoms with van der Waals surface area (Å²) >= 11 is 0. The Morgan fingerprint density at radius 3 is 2.55 bits per heavy atom. The summed E-state index contributed by atoms with van der Waals surface area (Å²) in [6, 6.07) is 5.00. The molecule has 1 aromatic heterocycles. The molecule has 1 fully saturated rings. The Hall–Kier alpha value is -2.90. The Balaban J connectivity index is 1.82. The molecule has 1 aliphatic heterocycles. The Morgan fingerprint density at radius 2 is 1.93 bits per heavy atom. The third-order valence-electron chi connectivity index (χ3n) is 4.99.